The Balaban J connectivity index is 0.970. The normalized spacial score (nSPS) is 32.6. The number of aromatic nitrogens is 1. The maximum absolute atomic E-state index is 14.6. The van der Waals surface area contributed by atoms with Crippen LogP contribution in [0.4, 0.5) is 4.79 Å². The molecule has 6 fully saturated rings. The van der Waals surface area contributed by atoms with Crippen LogP contribution in [0.3, 0.4) is 0 Å². The third kappa shape index (κ3) is 8.47. The van der Waals surface area contributed by atoms with E-state index in [0.29, 0.717) is 71.9 Å². The van der Waals surface area contributed by atoms with Crippen LogP contribution >= 0.6 is 11.6 Å². The second-order valence-corrected chi connectivity index (χ2v) is 17.8. The Morgan fingerprint density at radius 2 is 1.83 bits per heavy atom. The molecular weight excluding hydrogens is 766 g/mol. The minimum atomic E-state index is -1.44. The molecule has 7 atom stereocenters. The van der Waals surface area contributed by atoms with Crippen molar-refractivity contribution in [2.45, 2.75) is 113 Å². The first-order chi connectivity index (χ1) is 28.1. The topological polar surface area (TPSA) is 169 Å². The van der Waals surface area contributed by atoms with Crippen LogP contribution in [0.2, 0.25) is 5.02 Å². The van der Waals surface area contributed by atoms with Gasteiger partial charge < -0.3 is 39.6 Å². The van der Waals surface area contributed by atoms with Crippen molar-refractivity contribution < 1.29 is 43.2 Å². The summed E-state index contributed by atoms with van der Waals surface area (Å²) in [5, 5.41) is 17.1. The molecule has 2 unspecified atom stereocenters. The van der Waals surface area contributed by atoms with Gasteiger partial charge in [0, 0.05) is 55.0 Å². The van der Waals surface area contributed by atoms with Crippen molar-refractivity contribution in [2.75, 3.05) is 46.0 Å². The third-order valence-electron chi connectivity index (χ3n) is 13.3. The van der Waals surface area contributed by atoms with Gasteiger partial charge >= 0.3 is 12.1 Å². The van der Waals surface area contributed by atoms with Crippen LogP contribution in [-0.2, 0) is 23.9 Å². The summed E-state index contributed by atoms with van der Waals surface area (Å²) in [7, 11) is 0. The van der Waals surface area contributed by atoms with Crippen molar-refractivity contribution in [3.8, 4) is 11.5 Å². The number of pyridine rings is 1. The number of nitrogens with one attached hydrogen (secondary N) is 2. The maximum atomic E-state index is 14.6. The zero-order valence-electron chi connectivity index (χ0n) is 32.9. The first-order valence-electron chi connectivity index (χ1n) is 21.4. The second kappa shape index (κ2) is 16.5. The Labute approximate surface area is 343 Å². The van der Waals surface area contributed by atoms with Crippen LogP contribution < -0.4 is 20.1 Å². The van der Waals surface area contributed by atoms with E-state index in [0.717, 1.165) is 70.3 Å². The Hall–Kier alpha value is -4.14. The number of ether oxygens (including phenoxy) is 4. The van der Waals surface area contributed by atoms with Crippen molar-refractivity contribution in [3.05, 3.63) is 41.1 Å². The average Bonchev–Trinajstić information content (AvgIpc) is 4.18. The number of fused-ring (bicyclic) bond motifs is 4. The predicted molar refractivity (Wildman–Crippen MR) is 213 cm³/mol. The summed E-state index contributed by atoms with van der Waals surface area (Å²) in [6.45, 7) is 4.40. The molecule has 58 heavy (non-hydrogen) atoms. The number of hydrogen-bond donors (Lipinski definition) is 3. The third-order valence-corrected chi connectivity index (χ3v) is 13.7. The lowest BCUT2D eigenvalue weighted by molar-refractivity contribution is -0.145. The number of alkyl carbamates (subject to hydrolysis) is 1. The molecule has 312 valence electrons. The molecule has 7 aliphatic rings. The number of morpholine rings is 1. The largest absolute Gasteiger partial charge is 0.491 e. The molecule has 4 heterocycles. The van der Waals surface area contributed by atoms with Gasteiger partial charge in [-0.15, -0.1) is 0 Å². The number of benzene rings is 1. The molecule has 9 rings (SSSR count). The SMILES string of the molecule is O=C(N[C@H]1CCCCCC=C[C@@H]2C[C@@]2(C(=O)O)NC(=O)[C@@H]2C[C@@H](Oc3cc(C4CC4)nc4c(Cl)c(OCCN5CCOCC5)ccc34)CN2C1=O)OC1CC2CC2C1. The molecule has 14 nitrogen and oxygen atoms in total. The number of allylic oxidation sites excluding steroid dienone is 1. The molecule has 4 saturated carbocycles. The number of carbonyl (C=O) groups excluding carboxylic acids is 3. The molecule has 3 aliphatic heterocycles. The molecule has 3 N–H and O–H groups in total. The smallest absolute Gasteiger partial charge is 0.408 e. The highest BCUT2D eigenvalue weighted by molar-refractivity contribution is 6.36. The lowest BCUT2D eigenvalue weighted by Gasteiger charge is -2.29. The summed E-state index contributed by atoms with van der Waals surface area (Å²) in [6, 6.07) is 3.68. The van der Waals surface area contributed by atoms with Gasteiger partial charge in [0.2, 0.25) is 11.8 Å². The number of nitrogens with zero attached hydrogens (tertiary/aromatic N) is 3. The van der Waals surface area contributed by atoms with Gasteiger partial charge in [0.1, 0.15) is 53.0 Å². The van der Waals surface area contributed by atoms with E-state index in [1.807, 2.05) is 30.4 Å². The first kappa shape index (κ1) is 39.3. The highest BCUT2D eigenvalue weighted by Gasteiger charge is 2.61. The Morgan fingerprint density at radius 3 is 2.60 bits per heavy atom. The van der Waals surface area contributed by atoms with Crippen LogP contribution in [0, 0.1) is 17.8 Å². The fourth-order valence-corrected chi connectivity index (χ4v) is 9.81. The van der Waals surface area contributed by atoms with E-state index in [9.17, 15) is 24.3 Å². The van der Waals surface area contributed by atoms with Gasteiger partial charge in [-0.3, -0.25) is 19.5 Å². The summed E-state index contributed by atoms with van der Waals surface area (Å²) >= 11 is 7.01. The molecule has 0 spiro atoms. The molecule has 4 aliphatic carbocycles. The number of carboxylic acid groups (broad SMARTS) is 1. The van der Waals surface area contributed by atoms with Crippen LogP contribution in [0.5, 0.6) is 11.5 Å². The Morgan fingerprint density at radius 1 is 1.02 bits per heavy atom. The number of rotatable bonds is 10. The van der Waals surface area contributed by atoms with Crippen LogP contribution in [-0.4, -0.2) is 120 Å². The monoisotopic (exact) mass is 819 g/mol. The molecule has 1 aromatic heterocycles. The standard InChI is InChI=1S/C43H54ClN5O9/c44-37-35(56-17-14-48-12-15-55-16-13-48)11-10-31-36(22-33(25-8-9-25)45-38(31)37)57-30-21-34-39(50)47-43(41(52)53)23-28(43)6-4-2-1-3-5-7-32(40(51)49(34)24-30)46-42(54)58-29-19-26-18-27(26)20-29/h4,6,10-11,22,25-30,32,34H,1-3,5,7-9,12-21,23-24H2,(H,46,54)(H,47,50)(H,52,53)/t26?,27?,28-,29?,30-,32+,34+,43-/m1/s1. The van der Waals surface area contributed by atoms with Crippen LogP contribution in [0.15, 0.2) is 30.4 Å². The number of carbonyl (C=O) groups is 4. The van der Waals surface area contributed by atoms with Crippen molar-refractivity contribution in [1.82, 2.24) is 25.4 Å². The summed E-state index contributed by atoms with van der Waals surface area (Å²) in [5.41, 5.74) is -0.0235. The fraction of sp³-hybridized carbons (Fsp3) is 0.651. The van der Waals surface area contributed by atoms with Gasteiger partial charge in [-0.05, 0) is 81.8 Å². The Kier molecular flexibility index (Phi) is 11.2. The summed E-state index contributed by atoms with van der Waals surface area (Å²) in [6.07, 6.45) is 11.2. The summed E-state index contributed by atoms with van der Waals surface area (Å²) < 4.78 is 24.2. The highest BCUT2D eigenvalue weighted by atomic mass is 35.5. The van der Waals surface area contributed by atoms with E-state index >= 15 is 0 Å². The van der Waals surface area contributed by atoms with Gasteiger partial charge in [-0.1, -0.05) is 36.6 Å². The van der Waals surface area contributed by atoms with Crippen molar-refractivity contribution >= 4 is 46.4 Å². The lowest BCUT2D eigenvalue weighted by Crippen LogP contribution is -2.56. The van der Waals surface area contributed by atoms with Gasteiger partial charge in [0.15, 0.2) is 0 Å². The second-order valence-electron chi connectivity index (χ2n) is 17.5. The molecule has 3 amide bonds. The van der Waals surface area contributed by atoms with E-state index < -0.39 is 47.6 Å². The quantitative estimate of drug-likeness (QED) is 0.270. The minimum Gasteiger partial charge on any atom is -0.491 e. The minimum absolute atomic E-state index is 0.0541. The zero-order chi connectivity index (χ0) is 40.0. The molecule has 15 heteroatoms. The summed E-state index contributed by atoms with van der Waals surface area (Å²) in [4.78, 5) is 63.5. The van der Waals surface area contributed by atoms with Crippen molar-refractivity contribution in [2.24, 2.45) is 17.8 Å². The van der Waals surface area contributed by atoms with Gasteiger partial charge in [-0.2, -0.15) is 0 Å². The molecular formula is C43H54ClN5O9. The lowest BCUT2D eigenvalue weighted by atomic mass is 10.0. The maximum Gasteiger partial charge on any atom is 0.408 e. The van der Waals surface area contributed by atoms with E-state index in [2.05, 4.69) is 15.5 Å². The van der Waals surface area contributed by atoms with Crippen molar-refractivity contribution in [1.29, 1.82) is 0 Å². The van der Waals surface area contributed by atoms with E-state index in [4.69, 9.17) is 35.5 Å². The van der Waals surface area contributed by atoms with Gasteiger partial charge in [-0.25, -0.2) is 9.59 Å². The number of hydrogen-bond acceptors (Lipinski definition) is 10. The number of amides is 3. The summed E-state index contributed by atoms with van der Waals surface area (Å²) in [5.74, 6) is 0.181. The van der Waals surface area contributed by atoms with Crippen LogP contribution in [0.25, 0.3) is 10.9 Å². The first-order valence-corrected chi connectivity index (χ1v) is 21.8. The highest BCUT2D eigenvalue weighted by Crippen LogP contribution is 2.52. The zero-order valence-corrected chi connectivity index (χ0v) is 33.6. The fourth-order valence-electron chi connectivity index (χ4n) is 9.54. The number of carboxylic acids is 1. The van der Waals surface area contributed by atoms with Gasteiger partial charge in [0.25, 0.3) is 0 Å². The molecule has 0 radical (unpaired) electrons. The van der Waals surface area contributed by atoms with Crippen LogP contribution in [0.1, 0.15) is 88.7 Å². The van der Waals surface area contributed by atoms with E-state index in [1.165, 1.54) is 11.3 Å². The van der Waals surface area contributed by atoms with E-state index in [1.54, 1.807) is 0 Å². The average molecular weight is 820 g/mol. The number of halogens is 1. The molecule has 1 aromatic carbocycles. The number of aliphatic carboxylic acids is 1. The molecule has 2 saturated heterocycles. The molecule has 2 aromatic rings. The predicted octanol–water partition coefficient (Wildman–Crippen LogP) is 5.20. The molecule has 0 bridgehead atoms. The van der Waals surface area contributed by atoms with Gasteiger partial charge in [0.05, 0.1) is 25.3 Å². The van der Waals surface area contributed by atoms with E-state index in [-0.39, 0.29) is 37.3 Å². The Bertz CT molecular complexity index is 1940. The van der Waals surface area contributed by atoms with Crippen molar-refractivity contribution in [3.63, 3.8) is 0 Å².